The lowest BCUT2D eigenvalue weighted by molar-refractivity contribution is 0.0936. The lowest BCUT2D eigenvalue weighted by Gasteiger charge is -2.12. The Morgan fingerprint density at radius 1 is 0.957 bits per heavy atom. The van der Waals surface area contributed by atoms with Crippen molar-refractivity contribution in [2.45, 2.75) is 20.0 Å². The normalized spacial score (nSPS) is 10.6. The highest BCUT2D eigenvalue weighted by molar-refractivity contribution is 6.07. The molecule has 0 atom stereocenters. The summed E-state index contributed by atoms with van der Waals surface area (Å²) in [5.41, 5.74) is 3.11. The van der Waals surface area contributed by atoms with E-state index in [1.807, 2.05) is 26.2 Å². The van der Waals surface area contributed by atoms with Crippen LogP contribution in [0.1, 0.15) is 38.8 Å². The maximum atomic E-state index is 12.3. The second-order valence-electron chi connectivity index (χ2n) is 5.84. The van der Waals surface area contributed by atoms with Gasteiger partial charge in [-0.3, -0.25) is 9.59 Å². The highest BCUT2D eigenvalue weighted by atomic mass is 16.2. The molecule has 1 amide bonds. The lowest BCUT2D eigenvalue weighted by Crippen LogP contribution is -2.24. The standard InChI is InChI=1S/C19H22N2O2/c1-14(22)17-9-4-5-10-18(17)19(23)20-12-15-7-6-8-16(11-15)13-21(2)3/h4-11H,12-13H2,1-3H3,(H,20,23). The number of benzene rings is 2. The minimum atomic E-state index is -0.228. The molecule has 0 fully saturated rings. The van der Waals surface area contributed by atoms with Crippen molar-refractivity contribution in [3.05, 3.63) is 70.8 Å². The zero-order valence-electron chi connectivity index (χ0n) is 13.8. The number of carbonyl (C=O) groups is 2. The van der Waals surface area contributed by atoms with Crippen molar-refractivity contribution in [1.29, 1.82) is 0 Å². The first kappa shape index (κ1) is 16.9. The molecule has 1 N–H and O–H groups in total. The molecule has 0 saturated carbocycles. The summed E-state index contributed by atoms with van der Waals surface area (Å²) in [6, 6.07) is 15.0. The minimum absolute atomic E-state index is 0.108. The van der Waals surface area contributed by atoms with Crippen LogP contribution >= 0.6 is 0 Å². The van der Waals surface area contributed by atoms with Crippen molar-refractivity contribution in [2.75, 3.05) is 14.1 Å². The number of Topliss-reactive ketones (excluding diaryl/α,β-unsaturated/α-hetero) is 1. The molecule has 4 heteroatoms. The zero-order chi connectivity index (χ0) is 16.8. The van der Waals surface area contributed by atoms with Gasteiger partial charge in [0.2, 0.25) is 0 Å². The van der Waals surface area contributed by atoms with Crippen molar-refractivity contribution < 1.29 is 9.59 Å². The van der Waals surface area contributed by atoms with Crippen LogP contribution in [0.2, 0.25) is 0 Å². The van der Waals surface area contributed by atoms with Crippen LogP contribution < -0.4 is 5.32 Å². The average molecular weight is 310 g/mol. The van der Waals surface area contributed by atoms with Gasteiger partial charge in [-0.1, -0.05) is 42.5 Å². The van der Waals surface area contributed by atoms with Crippen LogP contribution in [0.3, 0.4) is 0 Å². The fourth-order valence-electron chi connectivity index (χ4n) is 2.47. The van der Waals surface area contributed by atoms with E-state index in [1.54, 1.807) is 24.3 Å². The summed E-state index contributed by atoms with van der Waals surface area (Å²) in [4.78, 5) is 26.0. The quantitative estimate of drug-likeness (QED) is 0.835. The van der Waals surface area contributed by atoms with E-state index in [9.17, 15) is 9.59 Å². The third-order valence-corrected chi connectivity index (χ3v) is 3.49. The van der Waals surface area contributed by atoms with Gasteiger partial charge in [0.15, 0.2) is 5.78 Å². The largest absolute Gasteiger partial charge is 0.348 e. The smallest absolute Gasteiger partial charge is 0.252 e. The van der Waals surface area contributed by atoms with E-state index in [0.717, 1.165) is 12.1 Å². The molecule has 0 radical (unpaired) electrons. The molecule has 23 heavy (non-hydrogen) atoms. The fraction of sp³-hybridized carbons (Fsp3) is 0.263. The van der Waals surface area contributed by atoms with E-state index < -0.39 is 0 Å². The van der Waals surface area contributed by atoms with E-state index in [2.05, 4.69) is 22.3 Å². The zero-order valence-corrected chi connectivity index (χ0v) is 13.8. The molecule has 120 valence electrons. The summed E-state index contributed by atoms with van der Waals surface area (Å²) in [5.74, 6) is -0.336. The first-order valence-corrected chi connectivity index (χ1v) is 7.58. The van der Waals surface area contributed by atoms with E-state index in [1.165, 1.54) is 12.5 Å². The van der Waals surface area contributed by atoms with Gasteiger partial charge in [0, 0.05) is 18.7 Å². The first-order valence-electron chi connectivity index (χ1n) is 7.58. The SMILES string of the molecule is CC(=O)c1ccccc1C(=O)NCc1cccc(CN(C)C)c1. The number of hydrogen-bond donors (Lipinski definition) is 1. The van der Waals surface area contributed by atoms with Gasteiger partial charge in [-0.15, -0.1) is 0 Å². The maximum Gasteiger partial charge on any atom is 0.252 e. The maximum absolute atomic E-state index is 12.3. The van der Waals surface area contributed by atoms with Crippen molar-refractivity contribution in [3.63, 3.8) is 0 Å². The van der Waals surface area contributed by atoms with Crippen molar-refractivity contribution in [3.8, 4) is 0 Å². The molecule has 2 rings (SSSR count). The van der Waals surface area contributed by atoms with Crippen LogP contribution in [0, 0.1) is 0 Å². The number of hydrogen-bond acceptors (Lipinski definition) is 3. The van der Waals surface area contributed by atoms with Gasteiger partial charge in [-0.05, 0) is 38.2 Å². The van der Waals surface area contributed by atoms with Gasteiger partial charge < -0.3 is 10.2 Å². The molecule has 2 aromatic carbocycles. The van der Waals surface area contributed by atoms with Crippen LogP contribution in [0.25, 0.3) is 0 Å². The van der Waals surface area contributed by atoms with E-state index in [4.69, 9.17) is 0 Å². The average Bonchev–Trinajstić information content (AvgIpc) is 2.52. The van der Waals surface area contributed by atoms with Gasteiger partial charge in [0.05, 0.1) is 5.56 Å². The number of rotatable bonds is 6. The molecule has 0 heterocycles. The Labute approximate surface area is 137 Å². The van der Waals surface area contributed by atoms with Crippen LogP contribution in [-0.2, 0) is 13.1 Å². The molecular formula is C19H22N2O2. The van der Waals surface area contributed by atoms with E-state index in [-0.39, 0.29) is 11.7 Å². The topological polar surface area (TPSA) is 49.4 Å². The van der Waals surface area contributed by atoms with Gasteiger partial charge in [-0.2, -0.15) is 0 Å². The Morgan fingerprint density at radius 2 is 1.61 bits per heavy atom. The minimum Gasteiger partial charge on any atom is -0.348 e. The van der Waals surface area contributed by atoms with Gasteiger partial charge >= 0.3 is 0 Å². The number of carbonyl (C=O) groups excluding carboxylic acids is 2. The molecule has 0 spiro atoms. The summed E-state index contributed by atoms with van der Waals surface area (Å²) in [7, 11) is 4.04. The Bertz CT molecular complexity index is 708. The van der Waals surface area contributed by atoms with E-state index >= 15 is 0 Å². The predicted molar refractivity (Wildman–Crippen MR) is 91.4 cm³/mol. The van der Waals surface area contributed by atoms with Gasteiger partial charge in [0.1, 0.15) is 0 Å². The Hall–Kier alpha value is -2.46. The summed E-state index contributed by atoms with van der Waals surface area (Å²) in [5, 5.41) is 2.89. The number of nitrogens with one attached hydrogen (secondary N) is 1. The van der Waals surface area contributed by atoms with Crippen LogP contribution in [0.4, 0.5) is 0 Å². The summed E-state index contributed by atoms with van der Waals surface area (Å²) in [6.45, 7) is 2.76. The fourth-order valence-corrected chi connectivity index (χ4v) is 2.47. The molecule has 0 aliphatic rings. The van der Waals surface area contributed by atoms with Gasteiger partial charge in [0.25, 0.3) is 5.91 Å². The Kier molecular flexibility index (Phi) is 5.66. The summed E-state index contributed by atoms with van der Waals surface area (Å²) < 4.78 is 0. The third kappa shape index (κ3) is 4.76. The molecular weight excluding hydrogens is 288 g/mol. The van der Waals surface area contributed by atoms with Crippen molar-refractivity contribution in [2.24, 2.45) is 0 Å². The molecule has 4 nitrogen and oxygen atoms in total. The number of amides is 1. The Morgan fingerprint density at radius 3 is 2.26 bits per heavy atom. The number of nitrogens with zero attached hydrogens (tertiary/aromatic N) is 1. The molecule has 0 aliphatic heterocycles. The summed E-state index contributed by atoms with van der Waals surface area (Å²) >= 11 is 0. The monoisotopic (exact) mass is 310 g/mol. The molecule has 0 aromatic heterocycles. The lowest BCUT2D eigenvalue weighted by atomic mass is 10.0. The van der Waals surface area contributed by atoms with Crippen LogP contribution in [0.5, 0.6) is 0 Å². The second-order valence-corrected chi connectivity index (χ2v) is 5.84. The highest BCUT2D eigenvalue weighted by Crippen LogP contribution is 2.11. The highest BCUT2D eigenvalue weighted by Gasteiger charge is 2.13. The van der Waals surface area contributed by atoms with Crippen LogP contribution in [0.15, 0.2) is 48.5 Å². The molecule has 0 unspecified atom stereocenters. The second kappa shape index (κ2) is 7.70. The van der Waals surface area contributed by atoms with Crippen molar-refractivity contribution in [1.82, 2.24) is 10.2 Å². The van der Waals surface area contributed by atoms with Crippen LogP contribution in [-0.4, -0.2) is 30.7 Å². The first-order chi connectivity index (χ1) is 11.0. The molecule has 0 saturated heterocycles. The summed E-state index contributed by atoms with van der Waals surface area (Å²) in [6.07, 6.45) is 0. The third-order valence-electron chi connectivity index (χ3n) is 3.49. The van der Waals surface area contributed by atoms with E-state index in [0.29, 0.717) is 17.7 Å². The Balaban J connectivity index is 2.06. The molecule has 0 aliphatic carbocycles. The van der Waals surface area contributed by atoms with Gasteiger partial charge in [-0.25, -0.2) is 0 Å². The predicted octanol–water partition coefficient (Wildman–Crippen LogP) is 2.88. The number of ketones is 1. The van der Waals surface area contributed by atoms with Crippen molar-refractivity contribution >= 4 is 11.7 Å². The molecule has 0 bridgehead atoms. The molecule has 2 aromatic rings.